The van der Waals surface area contributed by atoms with Gasteiger partial charge in [0.1, 0.15) is 5.82 Å². The van der Waals surface area contributed by atoms with Gasteiger partial charge in [0.2, 0.25) is 0 Å². The normalized spacial score (nSPS) is 12.8. The van der Waals surface area contributed by atoms with Gasteiger partial charge in [-0.1, -0.05) is 19.9 Å². The second kappa shape index (κ2) is 14.1. The third-order valence-electron chi connectivity index (χ3n) is 5.99. The highest BCUT2D eigenvalue weighted by atomic mass is 19.1. The maximum Gasteiger partial charge on any atom is 0.310 e. The van der Waals surface area contributed by atoms with E-state index in [1.165, 1.54) is 28.8 Å². The Kier molecular flexibility index (Phi) is 12.3. The van der Waals surface area contributed by atoms with Gasteiger partial charge in [0.05, 0.1) is 18.6 Å². The molecule has 2 aromatic carbocycles. The number of esters is 1. The Labute approximate surface area is 216 Å². The minimum absolute atomic E-state index is 0.143. The van der Waals surface area contributed by atoms with Crippen molar-refractivity contribution >= 4 is 11.9 Å². The zero-order valence-corrected chi connectivity index (χ0v) is 23.5. The molecule has 0 aromatic heterocycles. The average molecular weight is 502 g/mol. The number of carbonyl (C=O) groups excluding carboxylic acids is 2. The molecule has 200 valence electrons. The Bertz CT molecular complexity index is 1030. The summed E-state index contributed by atoms with van der Waals surface area (Å²) < 4.78 is 18.7. The van der Waals surface area contributed by atoms with Crippen LogP contribution in [0.2, 0.25) is 0 Å². The zero-order valence-electron chi connectivity index (χ0n) is 23.5. The Morgan fingerprint density at radius 3 is 2.03 bits per heavy atom. The van der Waals surface area contributed by atoms with Gasteiger partial charge in [-0.25, -0.2) is 4.39 Å². The Morgan fingerprint density at radius 1 is 1.00 bits per heavy atom. The summed E-state index contributed by atoms with van der Waals surface area (Å²) in [5.41, 5.74) is 6.83. The van der Waals surface area contributed by atoms with Gasteiger partial charge < -0.3 is 14.7 Å². The van der Waals surface area contributed by atoms with Gasteiger partial charge >= 0.3 is 5.97 Å². The molecular formula is C30H44FNO4. The predicted octanol–water partition coefficient (Wildman–Crippen LogP) is 5.90. The zero-order chi connectivity index (χ0) is 27.6. The van der Waals surface area contributed by atoms with E-state index in [2.05, 4.69) is 20.8 Å². The van der Waals surface area contributed by atoms with Crippen molar-refractivity contribution in [3.8, 4) is 0 Å². The van der Waals surface area contributed by atoms with Crippen LogP contribution in [-0.4, -0.2) is 47.2 Å². The van der Waals surface area contributed by atoms with Crippen LogP contribution in [0.5, 0.6) is 0 Å². The van der Waals surface area contributed by atoms with E-state index in [9.17, 15) is 14.0 Å². The number of benzene rings is 2. The van der Waals surface area contributed by atoms with E-state index in [0.717, 1.165) is 29.5 Å². The monoisotopic (exact) mass is 501 g/mol. The van der Waals surface area contributed by atoms with Crippen LogP contribution in [0.4, 0.5) is 4.39 Å². The number of nitrogens with zero attached hydrogens (tertiary/aromatic N) is 1. The van der Waals surface area contributed by atoms with Crippen LogP contribution in [0, 0.1) is 26.6 Å². The van der Waals surface area contributed by atoms with E-state index in [1.807, 2.05) is 20.8 Å². The molecule has 0 unspecified atom stereocenters. The summed E-state index contributed by atoms with van der Waals surface area (Å²) in [6.45, 7) is 18.8. The molecule has 5 nitrogen and oxygen atoms in total. The summed E-state index contributed by atoms with van der Waals surface area (Å²) in [6.07, 6.45) is 1.74. The van der Waals surface area contributed by atoms with Gasteiger partial charge in [0, 0.05) is 18.7 Å². The standard InChI is InChI=1S/C24H28FNO3.C4H10O.C2H6/c1-5-29-23(27)14-22-16(3)15(2)20-9-11-26(12-10-21(20)17(22)4)24(28)18-7-6-8-19(25)13-18;1-4(2,3)5;1-2/h6-8,13H,5,9-12,14H2,1-4H3;5H,1-3H3;1-2H3. The number of fused-ring (bicyclic) bond motifs is 1. The van der Waals surface area contributed by atoms with Crippen LogP contribution in [0.1, 0.15) is 85.3 Å². The van der Waals surface area contributed by atoms with Crippen LogP contribution in [0.25, 0.3) is 0 Å². The quantitative estimate of drug-likeness (QED) is 0.530. The number of hydrogen-bond donors (Lipinski definition) is 1. The highest BCUT2D eigenvalue weighted by molar-refractivity contribution is 5.94. The lowest BCUT2D eigenvalue weighted by atomic mass is 9.85. The first kappa shape index (κ1) is 31.3. The molecular weight excluding hydrogens is 457 g/mol. The number of rotatable bonds is 4. The first-order valence-electron chi connectivity index (χ1n) is 12.9. The summed E-state index contributed by atoms with van der Waals surface area (Å²) in [4.78, 5) is 26.8. The Morgan fingerprint density at radius 2 is 1.53 bits per heavy atom. The van der Waals surface area contributed by atoms with Crippen LogP contribution in [-0.2, 0) is 28.8 Å². The molecule has 1 aliphatic rings. The molecule has 1 aliphatic heterocycles. The summed E-state index contributed by atoms with van der Waals surface area (Å²) in [5, 5.41) is 8.52. The number of amides is 1. The van der Waals surface area contributed by atoms with Crippen LogP contribution >= 0.6 is 0 Å². The summed E-state index contributed by atoms with van der Waals surface area (Å²) in [7, 11) is 0. The topological polar surface area (TPSA) is 66.8 Å². The molecule has 3 rings (SSSR count). The van der Waals surface area contributed by atoms with Crippen molar-refractivity contribution in [2.75, 3.05) is 19.7 Å². The van der Waals surface area contributed by atoms with Crippen LogP contribution in [0.3, 0.4) is 0 Å². The lowest BCUT2D eigenvalue weighted by molar-refractivity contribution is -0.142. The van der Waals surface area contributed by atoms with Crippen molar-refractivity contribution in [1.29, 1.82) is 0 Å². The number of ether oxygens (including phenoxy) is 1. The molecule has 0 radical (unpaired) electrons. The van der Waals surface area contributed by atoms with Gasteiger partial charge in [0.15, 0.2) is 0 Å². The fraction of sp³-hybridized carbons (Fsp3) is 0.533. The van der Waals surface area contributed by atoms with E-state index >= 15 is 0 Å². The van der Waals surface area contributed by atoms with Crippen molar-refractivity contribution in [3.63, 3.8) is 0 Å². The minimum Gasteiger partial charge on any atom is -0.466 e. The van der Waals surface area contributed by atoms with Crippen molar-refractivity contribution in [2.24, 2.45) is 0 Å². The largest absolute Gasteiger partial charge is 0.466 e. The van der Waals surface area contributed by atoms with E-state index in [4.69, 9.17) is 9.84 Å². The van der Waals surface area contributed by atoms with Gasteiger partial charge in [-0.05, 0) is 113 Å². The Hall–Kier alpha value is -2.73. The number of hydrogen-bond acceptors (Lipinski definition) is 4. The third kappa shape index (κ3) is 9.05. The molecule has 1 N–H and O–H groups in total. The van der Waals surface area contributed by atoms with E-state index < -0.39 is 11.4 Å². The summed E-state index contributed by atoms with van der Waals surface area (Å²) in [6, 6.07) is 5.85. The first-order chi connectivity index (χ1) is 16.8. The highest BCUT2D eigenvalue weighted by Gasteiger charge is 2.25. The number of carbonyl (C=O) groups is 2. The average Bonchev–Trinajstić information content (AvgIpc) is 3.04. The second-order valence-electron chi connectivity index (χ2n) is 9.77. The fourth-order valence-electron chi connectivity index (χ4n) is 4.28. The fourth-order valence-corrected chi connectivity index (χ4v) is 4.28. The smallest absolute Gasteiger partial charge is 0.310 e. The predicted molar refractivity (Wildman–Crippen MR) is 144 cm³/mol. The molecule has 1 amide bonds. The molecule has 0 atom stereocenters. The SMILES string of the molecule is CC.CC(C)(C)O.CCOC(=O)Cc1c(C)c(C)c2c(c1C)CCN(C(=O)c1cccc(F)c1)CC2. The lowest BCUT2D eigenvalue weighted by Gasteiger charge is -2.20. The molecule has 6 heteroatoms. The minimum atomic E-state index is -0.500. The molecule has 0 saturated carbocycles. The number of aliphatic hydroxyl groups is 1. The van der Waals surface area contributed by atoms with Gasteiger partial charge in [-0.2, -0.15) is 0 Å². The molecule has 0 fully saturated rings. The number of halogens is 1. The van der Waals surface area contributed by atoms with Gasteiger partial charge in [-0.3, -0.25) is 9.59 Å². The molecule has 0 saturated heterocycles. The van der Waals surface area contributed by atoms with Crippen molar-refractivity contribution < 1.29 is 23.8 Å². The maximum absolute atomic E-state index is 13.5. The van der Waals surface area contributed by atoms with Gasteiger partial charge in [-0.15, -0.1) is 0 Å². The van der Waals surface area contributed by atoms with E-state index in [-0.39, 0.29) is 18.3 Å². The highest BCUT2D eigenvalue weighted by Crippen LogP contribution is 2.31. The van der Waals surface area contributed by atoms with E-state index in [0.29, 0.717) is 25.3 Å². The third-order valence-corrected chi connectivity index (χ3v) is 5.99. The molecule has 36 heavy (non-hydrogen) atoms. The lowest BCUT2D eigenvalue weighted by Crippen LogP contribution is -2.33. The summed E-state index contributed by atoms with van der Waals surface area (Å²) in [5.74, 6) is -0.759. The second-order valence-corrected chi connectivity index (χ2v) is 9.77. The molecule has 1 heterocycles. The van der Waals surface area contributed by atoms with Crippen LogP contribution in [0.15, 0.2) is 24.3 Å². The van der Waals surface area contributed by atoms with Crippen molar-refractivity contribution in [3.05, 3.63) is 69.0 Å². The molecule has 2 aromatic rings. The van der Waals surface area contributed by atoms with Crippen molar-refractivity contribution in [2.45, 2.75) is 87.2 Å². The van der Waals surface area contributed by atoms with Crippen LogP contribution < -0.4 is 0 Å². The molecule has 0 aliphatic carbocycles. The van der Waals surface area contributed by atoms with Gasteiger partial charge in [0.25, 0.3) is 5.91 Å². The first-order valence-corrected chi connectivity index (χ1v) is 12.9. The van der Waals surface area contributed by atoms with Crippen molar-refractivity contribution in [1.82, 2.24) is 4.90 Å². The Balaban J connectivity index is 0.000000826. The maximum atomic E-state index is 13.5. The molecule has 0 bridgehead atoms. The van der Waals surface area contributed by atoms with E-state index in [1.54, 1.807) is 37.8 Å². The summed E-state index contributed by atoms with van der Waals surface area (Å²) >= 11 is 0. The molecule has 0 spiro atoms.